The van der Waals surface area contributed by atoms with Gasteiger partial charge in [0.1, 0.15) is 0 Å². The van der Waals surface area contributed by atoms with Gasteiger partial charge in [0.05, 0.1) is 0 Å². The van der Waals surface area contributed by atoms with Crippen LogP contribution in [0.5, 0.6) is 0 Å². The Balaban J connectivity index is 2.13. The number of hydrogen-bond acceptors (Lipinski definition) is 1. The largest absolute Gasteiger partial charge is 0.316 e. The van der Waals surface area contributed by atoms with Crippen molar-refractivity contribution in [2.45, 2.75) is 25.7 Å². The summed E-state index contributed by atoms with van der Waals surface area (Å²) in [5.41, 5.74) is 3.34. The Kier molecular flexibility index (Phi) is 2.08. The first kappa shape index (κ1) is 9.68. The third-order valence-corrected chi connectivity index (χ3v) is 4.55. The van der Waals surface area contributed by atoms with Gasteiger partial charge < -0.3 is 5.32 Å². The van der Waals surface area contributed by atoms with Crippen LogP contribution in [0.3, 0.4) is 0 Å². The van der Waals surface area contributed by atoms with E-state index in [1.54, 1.807) is 0 Å². The SMILES string of the molecule is CC12CCc3c(Cl)cccc3C1CNC2. The maximum Gasteiger partial charge on any atom is 0.0440 e. The highest BCUT2D eigenvalue weighted by Gasteiger charge is 2.43. The van der Waals surface area contributed by atoms with Crippen LogP contribution < -0.4 is 5.32 Å². The van der Waals surface area contributed by atoms with E-state index in [0.717, 1.165) is 24.5 Å². The highest BCUT2D eigenvalue weighted by molar-refractivity contribution is 6.31. The molecule has 1 aliphatic heterocycles. The van der Waals surface area contributed by atoms with E-state index in [2.05, 4.69) is 24.4 Å². The van der Waals surface area contributed by atoms with Crippen LogP contribution >= 0.6 is 11.6 Å². The van der Waals surface area contributed by atoms with Crippen LogP contribution in [-0.2, 0) is 6.42 Å². The van der Waals surface area contributed by atoms with E-state index < -0.39 is 0 Å². The van der Waals surface area contributed by atoms with Gasteiger partial charge in [-0.25, -0.2) is 0 Å². The molecule has 0 saturated carbocycles. The summed E-state index contributed by atoms with van der Waals surface area (Å²) in [6.45, 7) is 4.68. The topological polar surface area (TPSA) is 12.0 Å². The van der Waals surface area contributed by atoms with Crippen molar-refractivity contribution in [1.29, 1.82) is 0 Å². The lowest BCUT2D eigenvalue weighted by atomic mass is 9.67. The molecule has 0 amide bonds. The summed E-state index contributed by atoms with van der Waals surface area (Å²) in [6, 6.07) is 6.37. The standard InChI is InChI=1S/C13H16ClN/c1-13-6-5-10-9(3-2-4-12(10)14)11(13)7-15-8-13/h2-4,11,15H,5-8H2,1H3. The molecule has 1 aliphatic carbocycles. The van der Waals surface area contributed by atoms with E-state index in [9.17, 15) is 0 Å². The van der Waals surface area contributed by atoms with Crippen molar-refractivity contribution < 1.29 is 0 Å². The third-order valence-electron chi connectivity index (χ3n) is 4.20. The highest BCUT2D eigenvalue weighted by Crippen LogP contribution is 2.48. The number of fused-ring (bicyclic) bond motifs is 3. The fourth-order valence-corrected chi connectivity index (χ4v) is 3.47. The van der Waals surface area contributed by atoms with Crippen LogP contribution in [0, 0.1) is 5.41 Å². The van der Waals surface area contributed by atoms with E-state index in [1.165, 1.54) is 17.5 Å². The highest BCUT2D eigenvalue weighted by atomic mass is 35.5. The van der Waals surface area contributed by atoms with Gasteiger partial charge in [-0.05, 0) is 35.4 Å². The van der Waals surface area contributed by atoms with Gasteiger partial charge in [-0.3, -0.25) is 0 Å². The Hall–Kier alpha value is -0.530. The molecule has 1 aromatic carbocycles. The van der Waals surface area contributed by atoms with Crippen molar-refractivity contribution in [2.75, 3.05) is 13.1 Å². The summed E-state index contributed by atoms with van der Waals surface area (Å²) in [5, 5.41) is 4.48. The number of rotatable bonds is 0. The van der Waals surface area contributed by atoms with Gasteiger partial charge in [-0.1, -0.05) is 30.7 Å². The van der Waals surface area contributed by atoms with Crippen molar-refractivity contribution in [3.63, 3.8) is 0 Å². The van der Waals surface area contributed by atoms with Gasteiger partial charge in [0, 0.05) is 24.0 Å². The second-order valence-electron chi connectivity index (χ2n) is 5.15. The fraction of sp³-hybridized carbons (Fsp3) is 0.538. The van der Waals surface area contributed by atoms with E-state index in [-0.39, 0.29) is 0 Å². The van der Waals surface area contributed by atoms with Crippen LogP contribution in [0.2, 0.25) is 5.02 Å². The van der Waals surface area contributed by atoms with Gasteiger partial charge in [0.2, 0.25) is 0 Å². The maximum absolute atomic E-state index is 6.26. The minimum atomic E-state index is 0.456. The molecule has 3 rings (SSSR count). The average Bonchev–Trinajstić information content (AvgIpc) is 2.60. The smallest absolute Gasteiger partial charge is 0.0440 e. The molecule has 0 bridgehead atoms. The Morgan fingerprint density at radius 2 is 2.33 bits per heavy atom. The van der Waals surface area contributed by atoms with Gasteiger partial charge in [-0.15, -0.1) is 0 Å². The molecule has 0 aromatic heterocycles. The molecule has 2 aliphatic rings. The molecule has 80 valence electrons. The molecule has 1 N–H and O–H groups in total. The van der Waals surface area contributed by atoms with Gasteiger partial charge in [-0.2, -0.15) is 0 Å². The molecule has 1 heterocycles. The van der Waals surface area contributed by atoms with Gasteiger partial charge in [0.15, 0.2) is 0 Å². The normalized spacial score (nSPS) is 33.6. The molecule has 1 saturated heterocycles. The van der Waals surface area contributed by atoms with Crippen LogP contribution in [-0.4, -0.2) is 13.1 Å². The molecule has 15 heavy (non-hydrogen) atoms. The lowest BCUT2D eigenvalue weighted by Crippen LogP contribution is -2.30. The molecule has 1 aromatic rings. The number of halogens is 1. The minimum Gasteiger partial charge on any atom is -0.316 e. The number of hydrogen-bond donors (Lipinski definition) is 1. The molecule has 0 radical (unpaired) electrons. The molecule has 2 heteroatoms. The lowest BCUT2D eigenvalue weighted by molar-refractivity contribution is 0.277. The monoisotopic (exact) mass is 221 g/mol. The van der Waals surface area contributed by atoms with Crippen molar-refractivity contribution in [1.82, 2.24) is 5.32 Å². The predicted molar refractivity (Wildman–Crippen MR) is 63.5 cm³/mol. The third kappa shape index (κ3) is 1.33. The molecule has 1 fully saturated rings. The molecular weight excluding hydrogens is 206 g/mol. The Bertz CT molecular complexity index is 402. The Morgan fingerprint density at radius 3 is 3.20 bits per heavy atom. The summed E-state index contributed by atoms with van der Waals surface area (Å²) < 4.78 is 0. The Morgan fingerprint density at radius 1 is 1.47 bits per heavy atom. The maximum atomic E-state index is 6.26. The fourth-order valence-electron chi connectivity index (χ4n) is 3.20. The molecule has 1 nitrogen and oxygen atoms in total. The molecule has 2 atom stereocenters. The van der Waals surface area contributed by atoms with Crippen molar-refractivity contribution in [3.8, 4) is 0 Å². The Labute approximate surface area is 95.8 Å². The quantitative estimate of drug-likeness (QED) is 0.710. The van der Waals surface area contributed by atoms with E-state index in [0.29, 0.717) is 11.3 Å². The molecular formula is C13H16ClN. The number of nitrogens with one attached hydrogen (secondary N) is 1. The summed E-state index contributed by atoms with van der Waals surface area (Å²) in [5.74, 6) is 0.667. The summed E-state index contributed by atoms with van der Waals surface area (Å²) in [7, 11) is 0. The summed E-state index contributed by atoms with van der Waals surface area (Å²) in [6.07, 6.45) is 2.41. The van der Waals surface area contributed by atoms with Crippen LogP contribution in [0.4, 0.5) is 0 Å². The van der Waals surface area contributed by atoms with E-state index in [1.807, 2.05) is 6.07 Å². The minimum absolute atomic E-state index is 0.456. The average molecular weight is 222 g/mol. The van der Waals surface area contributed by atoms with Crippen LogP contribution in [0.15, 0.2) is 18.2 Å². The number of benzene rings is 1. The zero-order valence-electron chi connectivity index (χ0n) is 9.02. The first-order valence-electron chi connectivity index (χ1n) is 5.69. The predicted octanol–water partition coefficient (Wildman–Crippen LogP) is 2.98. The second-order valence-corrected chi connectivity index (χ2v) is 5.55. The zero-order valence-corrected chi connectivity index (χ0v) is 9.77. The van der Waals surface area contributed by atoms with Crippen molar-refractivity contribution in [3.05, 3.63) is 34.3 Å². The van der Waals surface area contributed by atoms with Gasteiger partial charge >= 0.3 is 0 Å². The summed E-state index contributed by atoms with van der Waals surface area (Å²) in [4.78, 5) is 0. The van der Waals surface area contributed by atoms with Crippen LogP contribution in [0.1, 0.15) is 30.4 Å². The van der Waals surface area contributed by atoms with Crippen LogP contribution in [0.25, 0.3) is 0 Å². The van der Waals surface area contributed by atoms with Gasteiger partial charge in [0.25, 0.3) is 0 Å². The van der Waals surface area contributed by atoms with Crippen molar-refractivity contribution in [2.24, 2.45) is 5.41 Å². The second kappa shape index (κ2) is 3.23. The summed E-state index contributed by atoms with van der Waals surface area (Å²) >= 11 is 6.26. The molecule has 2 unspecified atom stereocenters. The van der Waals surface area contributed by atoms with E-state index >= 15 is 0 Å². The van der Waals surface area contributed by atoms with Crippen molar-refractivity contribution >= 4 is 11.6 Å². The lowest BCUT2D eigenvalue weighted by Gasteiger charge is -2.37. The molecule has 0 spiro atoms. The van der Waals surface area contributed by atoms with E-state index in [4.69, 9.17) is 11.6 Å². The first-order valence-corrected chi connectivity index (χ1v) is 6.06. The first-order chi connectivity index (χ1) is 7.21. The zero-order chi connectivity index (χ0) is 10.5.